The molecule has 2 N–H and O–H groups in total. The molecule has 4 rings (SSSR count). The molecule has 1 aromatic heterocycles. The molecule has 6 nitrogen and oxygen atoms in total. The van der Waals surface area contributed by atoms with Crippen molar-refractivity contribution in [2.45, 2.75) is 13.8 Å². The molecule has 28 heavy (non-hydrogen) atoms. The average Bonchev–Trinajstić information content (AvgIpc) is 3.00. The van der Waals surface area contributed by atoms with Gasteiger partial charge in [-0.05, 0) is 26.0 Å². The zero-order chi connectivity index (χ0) is 20.0. The fourth-order valence-corrected chi connectivity index (χ4v) is 3.54. The number of nitrogen functional groups attached to an aromatic ring is 1. The molecule has 0 bridgehead atoms. The van der Waals surface area contributed by atoms with Gasteiger partial charge in [-0.1, -0.05) is 42.0 Å². The Hall–Kier alpha value is -3.67. The summed E-state index contributed by atoms with van der Waals surface area (Å²) in [7, 11) is 0. The molecule has 6 heteroatoms. The number of aromatic nitrogens is 1. The van der Waals surface area contributed by atoms with Gasteiger partial charge in [-0.3, -0.25) is 14.2 Å². The molecule has 0 amide bonds. The molecular weight excluding hydrogens is 356 g/mol. The van der Waals surface area contributed by atoms with Gasteiger partial charge in [0.1, 0.15) is 17.1 Å². The number of hydrogen-bond donors (Lipinski definition) is 1. The van der Waals surface area contributed by atoms with Gasteiger partial charge in [0, 0.05) is 16.8 Å². The van der Waals surface area contributed by atoms with Crippen LogP contribution < -0.4 is 5.73 Å². The zero-order valence-corrected chi connectivity index (χ0v) is 15.5. The van der Waals surface area contributed by atoms with Crippen LogP contribution in [0.2, 0.25) is 0 Å². The van der Waals surface area contributed by atoms with Gasteiger partial charge in [0.25, 0.3) is 0 Å². The van der Waals surface area contributed by atoms with Crippen LogP contribution in [0.15, 0.2) is 48.5 Å². The Morgan fingerprint density at radius 3 is 2.21 bits per heavy atom. The van der Waals surface area contributed by atoms with E-state index in [-0.39, 0.29) is 40.6 Å². The van der Waals surface area contributed by atoms with E-state index in [1.807, 2.05) is 19.1 Å². The van der Waals surface area contributed by atoms with Crippen LogP contribution in [-0.4, -0.2) is 28.7 Å². The summed E-state index contributed by atoms with van der Waals surface area (Å²) in [5, 5.41) is 0. The predicted octanol–water partition coefficient (Wildman–Crippen LogP) is 3.32. The summed E-state index contributed by atoms with van der Waals surface area (Å²) in [5.41, 5.74) is 8.50. The quantitative estimate of drug-likeness (QED) is 0.556. The SMILES string of the molecule is CCOC(=O)c1c2c(n(-c3ccc(C)cc3)c1N)C(=O)c1ccccc1C2=O. The largest absolute Gasteiger partial charge is 0.462 e. The summed E-state index contributed by atoms with van der Waals surface area (Å²) in [6, 6.07) is 13.9. The highest BCUT2D eigenvalue weighted by atomic mass is 16.5. The second-order valence-corrected chi connectivity index (χ2v) is 6.58. The fraction of sp³-hybridized carbons (Fsp3) is 0.136. The van der Waals surface area contributed by atoms with Gasteiger partial charge in [0.2, 0.25) is 5.78 Å². The number of aryl methyl sites for hydroxylation is 1. The summed E-state index contributed by atoms with van der Waals surface area (Å²) in [6.45, 7) is 3.73. The maximum atomic E-state index is 13.3. The number of esters is 1. The molecule has 0 atom stereocenters. The highest BCUT2D eigenvalue weighted by molar-refractivity contribution is 6.31. The summed E-state index contributed by atoms with van der Waals surface area (Å²) in [5.74, 6) is -1.47. The lowest BCUT2D eigenvalue weighted by Gasteiger charge is -2.17. The van der Waals surface area contributed by atoms with E-state index in [0.717, 1.165) is 5.56 Å². The second kappa shape index (κ2) is 6.49. The van der Waals surface area contributed by atoms with E-state index in [0.29, 0.717) is 11.3 Å². The minimum atomic E-state index is -0.720. The lowest BCUT2D eigenvalue weighted by Crippen LogP contribution is -2.23. The number of nitrogens with two attached hydrogens (primary N) is 1. The molecule has 3 aromatic rings. The molecule has 0 spiro atoms. The maximum absolute atomic E-state index is 13.3. The number of hydrogen-bond acceptors (Lipinski definition) is 5. The summed E-state index contributed by atoms with van der Waals surface area (Å²) in [6.07, 6.45) is 0. The van der Waals surface area contributed by atoms with Crippen molar-refractivity contribution in [2.75, 3.05) is 12.3 Å². The molecule has 0 fully saturated rings. The van der Waals surface area contributed by atoms with Crippen molar-refractivity contribution < 1.29 is 19.1 Å². The third-order valence-corrected chi connectivity index (χ3v) is 4.84. The lowest BCUT2D eigenvalue weighted by atomic mass is 9.86. The van der Waals surface area contributed by atoms with Gasteiger partial charge in [0.05, 0.1) is 12.2 Å². The van der Waals surface area contributed by atoms with Crippen LogP contribution in [-0.2, 0) is 4.74 Å². The molecule has 0 saturated heterocycles. The van der Waals surface area contributed by atoms with E-state index in [1.54, 1.807) is 43.3 Å². The highest BCUT2D eigenvalue weighted by Gasteiger charge is 2.40. The smallest absolute Gasteiger partial charge is 0.342 e. The summed E-state index contributed by atoms with van der Waals surface area (Å²) >= 11 is 0. The van der Waals surface area contributed by atoms with Gasteiger partial charge in [0.15, 0.2) is 5.78 Å². The minimum absolute atomic E-state index is 0.000208. The highest BCUT2D eigenvalue weighted by Crippen LogP contribution is 2.37. The summed E-state index contributed by atoms with van der Waals surface area (Å²) < 4.78 is 6.59. The monoisotopic (exact) mass is 374 g/mol. The van der Waals surface area contributed by atoms with E-state index in [2.05, 4.69) is 0 Å². The number of ether oxygens (including phenoxy) is 1. The Kier molecular flexibility index (Phi) is 4.11. The maximum Gasteiger partial charge on any atom is 0.342 e. The van der Waals surface area contributed by atoms with Crippen molar-refractivity contribution >= 4 is 23.4 Å². The predicted molar refractivity (Wildman–Crippen MR) is 104 cm³/mol. The fourth-order valence-electron chi connectivity index (χ4n) is 3.54. The number of ketones is 2. The molecule has 1 aliphatic carbocycles. The van der Waals surface area contributed by atoms with Crippen LogP contribution in [0.4, 0.5) is 5.82 Å². The number of carbonyl (C=O) groups excluding carboxylic acids is 3. The number of nitrogens with zero attached hydrogens (tertiary/aromatic N) is 1. The van der Waals surface area contributed by atoms with Crippen LogP contribution in [0.3, 0.4) is 0 Å². The third-order valence-electron chi connectivity index (χ3n) is 4.84. The van der Waals surface area contributed by atoms with Crippen molar-refractivity contribution in [3.8, 4) is 5.69 Å². The zero-order valence-electron chi connectivity index (χ0n) is 15.5. The molecule has 2 aromatic carbocycles. The average molecular weight is 374 g/mol. The standard InChI is InChI=1S/C22H18N2O4/c1-3-28-22(27)17-16-18(20(26)15-7-5-4-6-14(15)19(16)25)24(21(17)23)13-10-8-12(2)9-11-13/h4-11H,3,23H2,1-2H3. The normalized spacial score (nSPS) is 12.5. The molecule has 140 valence electrons. The summed E-state index contributed by atoms with van der Waals surface area (Å²) in [4.78, 5) is 39.1. The third kappa shape index (κ3) is 2.45. The Morgan fingerprint density at radius 1 is 1.00 bits per heavy atom. The second-order valence-electron chi connectivity index (χ2n) is 6.58. The van der Waals surface area contributed by atoms with Gasteiger partial charge in [-0.2, -0.15) is 0 Å². The minimum Gasteiger partial charge on any atom is -0.462 e. The van der Waals surface area contributed by atoms with Crippen LogP contribution >= 0.6 is 0 Å². The Bertz CT molecular complexity index is 1140. The molecule has 1 aliphatic rings. The first-order valence-electron chi connectivity index (χ1n) is 8.92. The van der Waals surface area contributed by atoms with E-state index >= 15 is 0 Å². The van der Waals surface area contributed by atoms with Gasteiger partial charge < -0.3 is 10.5 Å². The van der Waals surface area contributed by atoms with E-state index in [4.69, 9.17) is 10.5 Å². The van der Waals surface area contributed by atoms with Gasteiger partial charge >= 0.3 is 5.97 Å². The molecule has 0 aliphatic heterocycles. The Balaban J connectivity index is 2.07. The van der Waals surface area contributed by atoms with Crippen molar-refractivity contribution in [2.24, 2.45) is 0 Å². The van der Waals surface area contributed by atoms with E-state index in [1.165, 1.54) is 4.57 Å². The number of carbonyl (C=O) groups is 3. The van der Waals surface area contributed by atoms with Crippen molar-refractivity contribution in [1.82, 2.24) is 4.57 Å². The van der Waals surface area contributed by atoms with Gasteiger partial charge in [-0.25, -0.2) is 4.79 Å². The van der Waals surface area contributed by atoms with Crippen LogP contribution in [0.1, 0.15) is 54.8 Å². The van der Waals surface area contributed by atoms with Crippen molar-refractivity contribution in [1.29, 1.82) is 0 Å². The Labute approximate surface area is 161 Å². The molecule has 0 radical (unpaired) electrons. The Morgan fingerprint density at radius 2 is 1.61 bits per heavy atom. The van der Waals surface area contributed by atoms with Crippen LogP contribution in [0.5, 0.6) is 0 Å². The number of rotatable bonds is 3. The molecule has 0 unspecified atom stereocenters. The lowest BCUT2D eigenvalue weighted by molar-refractivity contribution is 0.0525. The van der Waals surface area contributed by atoms with E-state index < -0.39 is 11.8 Å². The van der Waals surface area contributed by atoms with Gasteiger partial charge in [-0.15, -0.1) is 0 Å². The molecule has 0 saturated carbocycles. The first-order valence-corrected chi connectivity index (χ1v) is 8.92. The van der Waals surface area contributed by atoms with Crippen LogP contribution in [0.25, 0.3) is 5.69 Å². The number of benzene rings is 2. The number of anilines is 1. The first-order chi connectivity index (χ1) is 13.5. The van der Waals surface area contributed by atoms with Crippen molar-refractivity contribution in [3.63, 3.8) is 0 Å². The van der Waals surface area contributed by atoms with E-state index in [9.17, 15) is 14.4 Å². The first kappa shape index (κ1) is 17.7. The number of fused-ring (bicyclic) bond motifs is 2. The van der Waals surface area contributed by atoms with Crippen molar-refractivity contribution in [3.05, 3.63) is 82.0 Å². The van der Waals surface area contributed by atoms with Crippen LogP contribution in [0, 0.1) is 6.92 Å². The molecular formula is C22H18N2O4. The topological polar surface area (TPSA) is 91.4 Å². The molecule has 1 heterocycles.